The van der Waals surface area contributed by atoms with Crippen LogP contribution in [0, 0.1) is 22.9 Å². The zero-order chi connectivity index (χ0) is 28.6. The monoisotopic (exact) mass is 546 g/mol. The van der Waals surface area contributed by atoms with E-state index in [1.807, 2.05) is 0 Å². The lowest BCUT2D eigenvalue weighted by Gasteiger charge is -2.28. The Hall–Kier alpha value is -5.20. The van der Waals surface area contributed by atoms with Crippen LogP contribution in [0.1, 0.15) is 42.4 Å². The van der Waals surface area contributed by atoms with Crippen LogP contribution in [0.2, 0.25) is 0 Å². The van der Waals surface area contributed by atoms with Crippen LogP contribution in [-0.2, 0) is 16.1 Å². The molecule has 40 heavy (non-hydrogen) atoms. The first-order valence-electron chi connectivity index (χ1n) is 12.3. The Morgan fingerprint density at radius 1 is 1.20 bits per heavy atom. The maximum absolute atomic E-state index is 14.0. The van der Waals surface area contributed by atoms with E-state index in [9.17, 15) is 24.1 Å². The van der Waals surface area contributed by atoms with E-state index in [2.05, 4.69) is 15.3 Å². The van der Waals surface area contributed by atoms with Gasteiger partial charge in [-0.25, -0.2) is 13.9 Å². The van der Waals surface area contributed by atoms with Gasteiger partial charge in [-0.05, 0) is 44.5 Å². The number of benzene rings is 2. The number of non-ortho nitro benzene ring substituents is 1. The number of aromatic nitrogens is 5. The average Bonchev–Trinajstić information content (AvgIpc) is 3.39. The Morgan fingerprint density at radius 2 is 1.95 bits per heavy atom. The van der Waals surface area contributed by atoms with Crippen molar-refractivity contribution in [2.45, 2.75) is 33.2 Å². The van der Waals surface area contributed by atoms with Crippen LogP contribution in [0.25, 0.3) is 5.69 Å². The van der Waals surface area contributed by atoms with Gasteiger partial charge in [0, 0.05) is 12.1 Å². The molecule has 204 valence electrons. The van der Waals surface area contributed by atoms with E-state index < -0.39 is 28.2 Å². The van der Waals surface area contributed by atoms with E-state index in [1.54, 1.807) is 39.1 Å². The quantitative estimate of drug-likeness (QED) is 0.193. The third-order valence-corrected chi connectivity index (χ3v) is 6.43. The van der Waals surface area contributed by atoms with Gasteiger partial charge in [0.15, 0.2) is 0 Å². The summed E-state index contributed by atoms with van der Waals surface area (Å²) in [5.74, 6) is -1.53. The van der Waals surface area contributed by atoms with Crippen LogP contribution in [-0.4, -0.2) is 42.0 Å². The van der Waals surface area contributed by atoms with Crippen LogP contribution in [0.3, 0.4) is 0 Å². The topological polar surface area (TPSA) is 144 Å². The van der Waals surface area contributed by atoms with Gasteiger partial charge in [0.2, 0.25) is 5.88 Å². The van der Waals surface area contributed by atoms with Crippen molar-refractivity contribution >= 4 is 11.7 Å². The molecule has 0 amide bonds. The lowest BCUT2D eigenvalue weighted by Crippen LogP contribution is -2.34. The molecule has 1 unspecified atom stereocenters. The molecule has 0 fully saturated rings. The summed E-state index contributed by atoms with van der Waals surface area (Å²) < 4.78 is 27.5. The van der Waals surface area contributed by atoms with Gasteiger partial charge in [0.05, 0.1) is 47.0 Å². The lowest BCUT2D eigenvalue weighted by atomic mass is 9.83. The smallest absolute Gasteiger partial charge is 0.338 e. The third kappa shape index (κ3) is 4.84. The number of nitro benzene ring substituents is 1. The summed E-state index contributed by atoms with van der Waals surface area (Å²) in [6.45, 7) is 4.92. The Kier molecular flexibility index (Phi) is 6.94. The Balaban J connectivity index is 1.61. The second-order valence-corrected chi connectivity index (χ2v) is 8.98. The standard InChI is InChI=1S/C27H23FN6O6/c1-4-39-27(36)22-15(2)40-25-24(23(22)17-8-10-20(11-9-17)34(37)38)26(35)32(16(3)29-25)13-19-14-33(31-30-19)21-7-5-6-18(28)12-21/h5-12,14,23H,4,13H2,1-3H3. The SMILES string of the molecule is CCOC(=O)C1=C(C)Oc2nc(C)n(Cc3cn(-c4cccc(F)c4)nn3)c(=O)c2C1c1ccc([N+](=O)[O-])cc1. The van der Waals surface area contributed by atoms with Crippen LogP contribution in [0.5, 0.6) is 5.88 Å². The van der Waals surface area contributed by atoms with Crippen molar-refractivity contribution in [1.29, 1.82) is 0 Å². The summed E-state index contributed by atoms with van der Waals surface area (Å²) in [5, 5.41) is 19.4. The van der Waals surface area contributed by atoms with Crippen LogP contribution in [0.15, 0.2) is 70.9 Å². The fourth-order valence-electron chi connectivity index (χ4n) is 4.58. The number of hydrogen-bond donors (Lipinski definition) is 0. The zero-order valence-electron chi connectivity index (χ0n) is 21.7. The highest BCUT2D eigenvalue weighted by Gasteiger charge is 2.38. The van der Waals surface area contributed by atoms with E-state index in [0.717, 1.165) is 0 Å². The zero-order valence-corrected chi connectivity index (χ0v) is 21.7. The Morgan fingerprint density at radius 3 is 2.62 bits per heavy atom. The minimum Gasteiger partial charge on any atom is -0.463 e. The molecule has 0 spiro atoms. The fraction of sp³-hybridized carbons (Fsp3) is 0.222. The molecule has 0 radical (unpaired) electrons. The summed E-state index contributed by atoms with van der Waals surface area (Å²) in [7, 11) is 0. The molecule has 12 nitrogen and oxygen atoms in total. The average molecular weight is 547 g/mol. The van der Waals surface area contributed by atoms with Crippen molar-refractivity contribution in [3.05, 3.63) is 115 Å². The minimum atomic E-state index is -0.960. The molecule has 4 aromatic rings. The van der Waals surface area contributed by atoms with Crippen LogP contribution >= 0.6 is 0 Å². The molecule has 0 saturated carbocycles. The van der Waals surface area contributed by atoms with Gasteiger partial charge in [-0.1, -0.05) is 23.4 Å². The highest BCUT2D eigenvalue weighted by atomic mass is 19.1. The molecular weight excluding hydrogens is 523 g/mol. The van der Waals surface area contributed by atoms with Crippen LogP contribution in [0.4, 0.5) is 10.1 Å². The Labute approximate surface area is 226 Å². The first-order valence-corrected chi connectivity index (χ1v) is 12.3. The second-order valence-electron chi connectivity index (χ2n) is 8.98. The molecule has 5 rings (SSSR count). The maximum Gasteiger partial charge on any atom is 0.338 e. The number of ether oxygens (including phenoxy) is 2. The number of nitro groups is 1. The number of carbonyl (C=O) groups excluding carboxylic acids is 1. The largest absolute Gasteiger partial charge is 0.463 e. The number of aryl methyl sites for hydroxylation is 1. The summed E-state index contributed by atoms with van der Waals surface area (Å²) in [6, 6.07) is 11.4. The number of rotatable bonds is 7. The van der Waals surface area contributed by atoms with Gasteiger partial charge in [-0.3, -0.25) is 19.5 Å². The number of halogens is 1. The molecule has 13 heteroatoms. The highest BCUT2D eigenvalue weighted by Crippen LogP contribution is 2.41. The van der Waals surface area contributed by atoms with E-state index in [4.69, 9.17) is 9.47 Å². The molecule has 0 saturated heterocycles. The van der Waals surface area contributed by atoms with E-state index >= 15 is 0 Å². The normalized spacial score (nSPS) is 14.4. The minimum absolute atomic E-state index is 0.0231. The first kappa shape index (κ1) is 26.4. The second kappa shape index (κ2) is 10.5. The van der Waals surface area contributed by atoms with Gasteiger partial charge in [-0.15, -0.1) is 5.10 Å². The predicted molar refractivity (Wildman–Crippen MR) is 139 cm³/mol. The fourth-order valence-corrected chi connectivity index (χ4v) is 4.58. The van der Waals surface area contributed by atoms with Crippen molar-refractivity contribution in [1.82, 2.24) is 24.5 Å². The van der Waals surface area contributed by atoms with Gasteiger partial charge >= 0.3 is 5.97 Å². The number of hydrogen-bond acceptors (Lipinski definition) is 9. The number of carbonyl (C=O) groups is 1. The summed E-state index contributed by atoms with van der Waals surface area (Å²) in [5.41, 5.74) is 0.828. The lowest BCUT2D eigenvalue weighted by molar-refractivity contribution is -0.384. The highest BCUT2D eigenvalue weighted by molar-refractivity contribution is 5.92. The van der Waals surface area contributed by atoms with E-state index in [-0.39, 0.29) is 41.6 Å². The van der Waals surface area contributed by atoms with Gasteiger partial charge in [0.25, 0.3) is 11.2 Å². The number of esters is 1. The van der Waals surface area contributed by atoms with Crippen molar-refractivity contribution < 1.29 is 23.6 Å². The molecule has 0 bridgehead atoms. The van der Waals surface area contributed by atoms with Crippen molar-refractivity contribution in [2.75, 3.05) is 6.61 Å². The molecule has 0 aliphatic carbocycles. The first-order chi connectivity index (χ1) is 19.2. The number of fused-ring (bicyclic) bond motifs is 1. The molecule has 2 aromatic heterocycles. The number of nitrogens with zero attached hydrogens (tertiary/aromatic N) is 6. The van der Waals surface area contributed by atoms with Crippen molar-refractivity contribution in [3.63, 3.8) is 0 Å². The number of allylic oxidation sites excluding steroid dienone is 1. The molecular formula is C27H23FN6O6. The summed E-state index contributed by atoms with van der Waals surface area (Å²) in [6.07, 6.45) is 1.57. The van der Waals surface area contributed by atoms with Gasteiger partial charge < -0.3 is 9.47 Å². The molecule has 1 aliphatic rings. The van der Waals surface area contributed by atoms with E-state index in [1.165, 1.54) is 45.6 Å². The van der Waals surface area contributed by atoms with Gasteiger partial charge in [-0.2, -0.15) is 4.98 Å². The van der Waals surface area contributed by atoms with Crippen molar-refractivity contribution in [2.24, 2.45) is 0 Å². The Bertz CT molecular complexity index is 1730. The van der Waals surface area contributed by atoms with Crippen molar-refractivity contribution in [3.8, 4) is 11.6 Å². The van der Waals surface area contributed by atoms with E-state index in [0.29, 0.717) is 22.8 Å². The molecule has 0 N–H and O–H groups in total. The summed E-state index contributed by atoms with van der Waals surface area (Å²) in [4.78, 5) is 42.2. The molecule has 1 atom stereocenters. The molecule has 3 heterocycles. The predicted octanol–water partition coefficient (Wildman–Crippen LogP) is 3.59. The molecule has 1 aliphatic heterocycles. The summed E-state index contributed by atoms with van der Waals surface area (Å²) >= 11 is 0. The van der Waals surface area contributed by atoms with Crippen LogP contribution < -0.4 is 10.3 Å². The third-order valence-electron chi connectivity index (χ3n) is 6.43. The maximum atomic E-state index is 14.0. The van der Waals surface area contributed by atoms with Gasteiger partial charge in [0.1, 0.15) is 23.1 Å². The molecule has 2 aromatic carbocycles.